The number of rotatable bonds is 6. The van der Waals surface area contributed by atoms with Crippen LogP contribution in [0.25, 0.3) is 10.9 Å². The molecule has 28 heavy (non-hydrogen) atoms. The Morgan fingerprint density at radius 1 is 1.04 bits per heavy atom. The van der Waals surface area contributed by atoms with Crippen molar-refractivity contribution in [2.45, 2.75) is 44.7 Å². The number of nitrogens with zero attached hydrogens (tertiary/aromatic N) is 1. The number of hydrogen-bond acceptors (Lipinski definition) is 4. The van der Waals surface area contributed by atoms with Gasteiger partial charge in [0.15, 0.2) is 0 Å². The highest BCUT2D eigenvalue weighted by molar-refractivity contribution is 7.86. The summed E-state index contributed by atoms with van der Waals surface area (Å²) in [6.45, 7) is 7.09. The SMILES string of the molecule is Cc1ccc(S(=O)(=O)OC(C)C(C)n2c(C)c(C(=O)O)c3ccccc32)cc1. The third kappa shape index (κ3) is 3.55. The van der Waals surface area contributed by atoms with Gasteiger partial charge in [-0.25, -0.2) is 4.79 Å². The van der Waals surface area contributed by atoms with Crippen molar-refractivity contribution in [2.24, 2.45) is 0 Å². The number of aromatic nitrogens is 1. The molecule has 6 nitrogen and oxygen atoms in total. The quantitative estimate of drug-likeness (QED) is 0.622. The van der Waals surface area contributed by atoms with Crippen molar-refractivity contribution in [1.29, 1.82) is 0 Å². The van der Waals surface area contributed by atoms with Crippen LogP contribution in [0.5, 0.6) is 0 Å². The number of benzene rings is 2. The zero-order valence-corrected chi connectivity index (χ0v) is 17.0. The Kier molecular flexibility index (Phi) is 5.32. The summed E-state index contributed by atoms with van der Waals surface area (Å²) in [5.74, 6) is -1.01. The summed E-state index contributed by atoms with van der Waals surface area (Å²) in [5.41, 5.74) is 2.46. The average molecular weight is 401 g/mol. The summed E-state index contributed by atoms with van der Waals surface area (Å²) in [6.07, 6.45) is -0.706. The number of para-hydroxylation sites is 1. The Labute approximate surface area is 164 Å². The molecule has 3 aromatic rings. The minimum Gasteiger partial charge on any atom is -0.478 e. The predicted octanol–water partition coefficient (Wildman–Crippen LogP) is 4.31. The van der Waals surface area contributed by atoms with Gasteiger partial charge in [-0.15, -0.1) is 0 Å². The van der Waals surface area contributed by atoms with Gasteiger partial charge in [0.25, 0.3) is 10.1 Å². The van der Waals surface area contributed by atoms with Gasteiger partial charge < -0.3 is 9.67 Å². The van der Waals surface area contributed by atoms with E-state index >= 15 is 0 Å². The molecule has 2 atom stereocenters. The van der Waals surface area contributed by atoms with E-state index in [4.69, 9.17) is 4.18 Å². The van der Waals surface area contributed by atoms with E-state index < -0.39 is 28.2 Å². The molecule has 7 heteroatoms. The third-order valence-corrected chi connectivity index (χ3v) is 6.45. The first-order valence-electron chi connectivity index (χ1n) is 8.96. The zero-order chi connectivity index (χ0) is 20.6. The van der Waals surface area contributed by atoms with Gasteiger partial charge >= 0.3 is 5.97 Å². The molecule has 0 aliphatic rings. The predicted molar refractivity (Wildman–Crippen MR) is 107 cm³/mol. The standard InChI is InChI=1S/C21H23NO5S/c1-13-9-11-17(12-10-13)28(25,26)27-16(4)14(2)22-15(3)20(21(23)24)18-7-5-6-8-19(18)22/h5-12,14,16H,1-4H3,(H,23,24). The summed E-state index contributed by atoms with van der Waals surface area (Å²) in [4.78, 5) is 11.8. The van der Waals surface area contributed by atoms with E-state index in [1.54, 1.807) is 38.1 Å². The Morgan fingerprint density at radius 3 is 2.25 bits per heavy atom. The van der Waals surface area contributed by atoms with Crippen molar-refractivity contribution in [3.8, 4) is 0 Å². The number of carboxylic acid groups (broad SMARTS) is 1. The molecule has 0 aliphatic heterocycles. The molecule has 1 N–H and O–H groups in total. The van der Waals surface area contributed by atoms with Crippen molar-refractivity contribution in [3.63, 3.8) is 0 Å². The van der Waals surface area contributed by atoms with Gasteiger partial charge in [-0.1, -0.05) is 35.9 Å². The zero-order valence-electron chi connectivity index (χ0n) is 16.2. The van der Waals surface area contributed by atoms with Gasteiger partial charge in [-0.05, 0) is 45.9 Å². The second kappa shape index (κ2) is 7.41. The molecule has 2 aromatic carbocycles. The molecule has 0 amide bonds. The van der Waals surface area contributed by atoms with Crippen LogP contribution in [0.15, 0.2) is 53.4 Å². The molecule has 0 fully saturated rings. The van der Waals surface area contributed by atoms with Crippen LogP contribution in [0, 0.1) is 13.8 Å². The van der Waals surface area contributed by atoms with Gasteiger partial charge in [-0.3, -0.25) is 4.18 Å². The highest BCUT2D eigenvalue weighted by Crippen LogP contribution is 2.31. The van der Waals surface area contributed by atoms with Crippen molar-refractivity contribution in [3.05, 3.63) is 65.4 Å². The maximum atomic E-state index is 12.6. The molecule has 148 valence electrons. The minimum atomic E-state index is -3.93. The van der Waals surface area contributed by atoms with Crippen LogP contribution in [-0.4, -0.2) is 30.2 Å². The lowest BCUT2D eigenvalue weighted by molar-refractivity contribution is 0.0697. The molecule has 0 saturated heterocycles. The first-order valence-corrected chi connectivity index (χ1v) is 10.4. The van der Waals surface area contributed by atoms with E-state index in [-0.39, 0.29) is 10.5 Å². The molecule has 1 heterocycles. The molecule has 0 aliphatic carbocycles. The molecule has 2 unspecified atom stereocenters. The highest BCUT2D eigenvalue weighted by Gasteiger charge is 2.28. The summed E-state index contributed by atoms with van der Waals surface area (Å²) in [6, 6.07) is 13.2. The number of carboxylic acids is 1. The van der Waals surface area contributed by atoms with E-state index in [9.17, 15) is 18.3 Å². The monoisotopic (exact) mass is 401 g/mol. The van der Waals surface area contributed by atoms with Crippen LogP contribution in [0.4, 0.5) is 0 Å². The number of carbonyl (C=O) groups is 1. The number of fused-ring (bicyclic) bond motifs is 1. The van der Waals surface area contributed by atoms with Gasteiger partial charge in [0.05, 0.1) is 22.6 Å². The van der Waals surface area contributed by atoms with Crippen molar-refractivity contribution < 1.29 is 22.5 Å². The maximum absolute atomic E-state index is 12.6. The Bertz CT molecular complexity index is 1130. The second-order valence-electron chi connectivity index (χ2n) is 6.96. The average Bonchev–Trinajstić information content (AvgIpc) is 2.93. The molecule has 0 bridgehead atoms. The van der Waals surface area contributed by atoms with Crippen molar-refractivity contribution >= 4 is 27.0 Å². The van der Waals surface area contributed by atoms with Gasteiger partial charge in [0.1, 0.15) is 0 Å². The van der Waals surface area contributed by atoms with E-state index in [1.165, 1.54) is 12.1 Å². The maximum Gasteiger partial charge on any atom is 0.338 e. The second-order valence-corrected chi connectivity index (χ2v) is 8.53. The lowest BCUT2D eigenvalue weighted by Gasteiger charge is -2.24. The smallest absolute Gasteiger partial charge is 0.338 e. The third-order valence-electron chi connectivity index (χ3n) is 5.04. The van der Waals surface area contributed by atoms with Crippen LogP contribution < -0.4 is 0 Å². The van der Waals surface area contributed by atoms with Crippen LogP contribution >= 0.6 is 0 Å². The van der Waals surface area contributed by atoms with Crippen LogP contribution in [0.2, 0.25) is 0 Å². The molecular formula is C21H23NO5S. The Hall–Kier alpha value is -2.64. The first kappa shape index (κ1) is 20.1. The van der Waals surface area contributed by atoms with E-state index in [1.807, 2.05) is 30.5 Å². The first-order chi connectivity index (χ1) is 13.1. The topological polar surface area (TPSA) is 85.6 Å². The molecule has 0 saturated carbocycles. The van der Waals surface area contributed by atoms with E-state index in [0.717, 1.165) is 11.1 Å². The lowest BCUT2D eigenvalue weighted by Crippen LogP contribution is -2.26. The minimum absolute atomic E-state index is 0.0949. The summed E-state index contributed by atoms with van der Waals surface area (Å²) in [7, 11) is -3.93. The fourth-order valence-electron chi connectivity index (χ4n) is 3.44. The number of aromatic carboxylic acids is 1. The Morgan fingerprint density at radius 2 is 1.64 bits per heavy atom. The number of hydrogen-bond donors (Lipinski definition) is 1. The lowest BCUT2D eigenvalue weighted by atomic mass is 10.1. The van der Waals surface area contributed by atoms with E-state index in [0.29, 0.717) is 11.1 Å². The summed E-state index contributed by atoms with van der Waals surface area (Å²) in [5, 5.41) is 10.2. The molecule has 3 rings (SSSR count). The van der Waals surface area contributed by atoms with Crippen LogP contribution in [-0.2, 0) is 14.3 Å². The summed E-state index contributed by atoms with van der Waals surface area (Å²) >= 11 is 0. The molecule has 0 spiro atoms. The Balaban J connectivity index is 1.98. The van der Waals surface area contributed by atoms with Crippen LogP contribution in [0.1, 0.15) is 41.5 Å². The van der Waals surface area contributed by atoms with E-state index in [2.05, 4.69) is 0 Å². The normalized spacial score (nSPS) is 14.1. The molecule has 0 radical (unpaired) electrons. The fourth-order valence-corrected chi connectivity index (χ4v) is 4.58. The fraction of sp³-hybridized carbons (Fsp3) is 0.286. The van der Waals surface area contributed by atoms with Crippen LogP contribution in [0.3, 0.4) is 0 Å². The van der Waals surface area contributed by atoms with Gasteiger partial charge in [0, 0.05) is 16.6 Å². The summed E-state index contributed by atoms with van der Waals surface area (Å²) < 4.78 is 32.5. The van der Waals surface area contributed by atoms with Crippen molar-refractivity contribution in [1.82, 2.24) is 4.57 Å². The molecular weight excluding hydrogens is 378 g/mol. The number of aryl methyl sites for hydroxylation is 1. The highest BCUT2D eigenvalue weighted by atomic mass is 32.2. The van der Waals surface area contributed by atoms with Gasteiger partial charge in [-0.2, -0.15) is 8.42 Å². The van der Waals surface area contributed by atoms with Crippen molar-refractivity contribution in [2.75, 3.05) is 0 Å². The largest absolute Gasteiger partial charge is 0.478 e. The van der Waals surface area contributed by atoms with Gasteiger partial charge in [0.2, 0.25) is 0 Å². The molecule has 1 aromatic heterocycles.